The van der Waals surface area contributed by atoms with Crippen LogP contribution in [0.5, 0.6) is 0 Å². The van der Waals surface area contributed by atoms with Crippen molar-refractivity contribution < 1.29 is 0 Å². The number of allylic oxidation sites excluding steroid dienone is 5. The normalized spacial score (nSPS) is 15.2. The van der Waals surface area contributed by atoms with Gasteiger partial charge in [0.2, 0.25) is 0 Å². The van der Waals surface area contributed by atoms with Crippen LogP contribution in [0.15, 0.2) is 59.8 Å². The molecule has 0 bridgehead atoms. The lowest BCUT2D eigenvalue weighted by atomic mass is 10.0. The Kier molecular flexibility index (Phi) is 3.10. The fraction of sp³-hybridized carbons (Fsp3) is 0.143. The first-order valence-corrected chi connectivity index (χ1v) is 5.40. The monoisotopic (exact) mass is 212 g/mol. The van der Waals surface area contributed by atoms with Crippen molar-refractivity contribution in [1.29, 1.82) is 0 Å². The van der Waals surface area contributed by atoms with Crippen molar-refractivity contribution in [2.24, 2.45) is 5.73 Å². The minimum atomic E-state index is 0.804. The molecule has 0 fully saturated rings. The number of nitrogens with two attached hydrogens (primary N) is 2. The van der Waals surface area contributed by atoms with E-state index in [9.17, 15) is 0 Å². The van der Waals surface area contributed by atoms with E-state index >= 15 is 0 Å². The fourth-order valence-corrected chi connectivity index (χ4v) is 1.67. The first-order valence-electron chi connectivity index (χ1n) is 5.40. The third kappa shape index (κ3) is 2.76. The summed E-state index contributed by atoms with van der Waals surface area (Å²) in [5.41, 5.74) is 15.6. The van der Waals surface area contributed by atoms with Crippen LogP contribution in [-0.2, 0) is 6.42 Å². The van der Waals surface area contributed by atoms with E-state index in [-0.39, 0.29) is 0 Å². The third-order valence-electron chi connectivity index (χ3n) is 2.58. The molecule has 0 heterocycles. The standard InChI is InChI=1S/C14H16N2/c15-13-3-1-2-11(4-7-13)10-12-5-8-14(16)9-6-12/h1-2,4-9H,3,10,15-16H2. The lowest BCUT2D eigenvalue weighted by molar-refractivity contribution is 1.17. The lowest BCUT2D eigenvalue weighted by Gasteiger charge is -2.02. The van der Waals surface area contributed by atoms with E-state index in [0.717, 1.165) is 24.2 Å². The molecule has 1 aromatic rings. The molecule has 2 heteroatoms. The Labute approximate surface area is 96.0 Å². The Balaban J connectivity index is 2.13. The van der Waals surface area contributed by atoms with E-state index in [1.165, 1.54) is 11.1 Å². The summed E-state index contributed by atoms with van der Waals surface area (Å²) in [5, 5.41) is 0. The molecule has 0 unspecified atom stereocenters. The second-order valence-corrected chi connectivity index (χ2v) is 4.01. The highest BCUT2D eigenvalue weighted by Crippen LogP contribution is 2.14. The zero-order valence-electron chi connectivity index (χ0n) is 9.19. The first kappa shape index (κ1) is 10.6. The summed E-state index contributed by atoms with van der Waals surface area (Å²) in [6.45, 7) is 0. The third-order valence-corrected chi connectivity index (χ3v) is 2.58. The number of benzene rings is 1. The smallest absolute Gasteiger partial charge is 0.0314 e. The van der Waals surface area contributed by atoms with Gasteiger partial charge >= 0.3 is 0 Å². The molecule has 1 aliphatic carbocycles. The first-order chi connectivity index (χ1) is 7.74. The van der Waals surface area contributed by atoms with Gasteiger partial charge in [-0.2, -0.15) is 0 Å². The predicted octanol–water partition coefficient (Wildman–Crippen LogP) is 2.54. The van der Waals surface area contributed by atoms with Crippen molar-refractivity contribution in [3.05, 3.63) is 65.4 Å². The summed E-state index contributed by atoms with van der Waals surface area (Å²) in [5.74, 6) is 0. The molecule has 16 heavy (non-hydrogen) atoms. The molecule has 1 aliphatic rings. The molecule has 82 valence electrons. The SMILES string of the molecule is NC1=CC=C(Cc2ccc(N)cc2)C=CC1. The van der Waals surface area contributed by atoms with Gasteiger partial charge < -0.3 is 11.5 Å². The van der Waals surface area contributed by atoms with Crippen LogP contribution in [0.4, 0.5) is 5.69 Å². The van der Waals surface area contributed by atoms with E-state index in [1.807, 2.05) is 18.2 Å². The second kappa shape index (κ2) is 4.71. The molecule has 0 saturated heterocycles. The summed E-state index contributed by atoms with van der Waals surface area (Å²) in [6.07, 6.45) is 10.0. The maximum atomic E-state index is 5.76. The Bertz CT molecular complexity index is 450. The van der Waals surface area contributed by atoms with Gasteiger partial charge in [-0.15, -0.1) is 0 Å². The van der Waals surface area contributed by atoms with Gasteiger partial charge in [-0.3, -0.25) is 0 Å². The van der Waals surface area contributed by atoms with Gasteiger partial charge in [0, 0.05) is 17.8 Å². The quantitative estimate of drug-likeness (QED) is 0.740. The van der Waals surface area contributed by atoms with Crippen LogP contribution in [0.1, 0.15) is 12.0 Å². The molecular formula is C14H16N2. The minimum absolute atomic E-state index is 0.804. The Morgan fingerprint density at radius 3 is 2.50 bits per heavy atom. The van der Waals surface area contributed by atoms with Gasteiger partial charge in [0.15, 0.2) is 0 Å². The molecule has 0 atom stereocenters. The number of hydrogen-bond acceptors (Lipinski definition) is 2. The number of anilines is 1. The molecule has 2 nitrogen and oxygen atoms in total. The van der Waals surface area contributed by atoms with Crippen molar-refractivity contribution >= 4 is 5.69 Å². The van der Waals surface area contributed by atoms with E-state index < -0.39 is 0 Å². The van der Waals surface area contributed by atoms with Gasteiger partial charge in [-0.1, -0.05) is 30.4 Å². The highest BCUT2D eigenvalue weighted by Gasteiger charge is 1.99. The van der Waals surface area contributed by atoms with Crippen LogP contribution in [0.25, 0.3) is 0 Å². The summed E-state index contributed by atoms with van der Waals surface area (Å²) < 4.78 is 0. The average Bonchev–Trinajstić information content (AvgIpc) is 2.47. The van der Waals surface area contributed by atoms with Gasteiger partial charge in [-0.25, -0.2) is 0 Å². The highest BCUT2D eigenvalue weighted by molar-refractivity contribution is 5.42. The van der Waals surface area contributed by atoms with Crippen LogP contribution in [0.3, 0.4) is 0 Å². The molecule has 0 aromatic heterocycles. The van der Waals surface area contributed by atoms with E-state index in [1.54, 1.807) is 0 Å². The molecule has 0 aliphatic heterocycles. The van der Waals surface area contributed by atoms with Crippen molar-refractivity contribution in [3.63, 3.8) is 0 Å². The summed E-state index contributed by atoms with van der Waals surface area (Å²) in [7, 11) is 0. The maximum Gasteiger partial charge on any atom is 0.0314 e. The molecular weight excluding hydrogens is 196 g/mol. The highest BCUT2D eigenvalue weighted by atomic mass is 14.6. The zero-order chi connectivity index (χ0) is 11.4. The molecule has 0 spiro atoms. The molecule has 0 amide bonds. The Hall–Kier alpha value is -1.96. The minimum Gasteiger partial charge on any atom is -0.402 e. The van der Waals surface area contributed by atoms with E-state index in [0.29, 0.717) is 0 Å². The van der Waals surface area contributed by atoms with Gasteiger partial charge in [0.25, 0.3) is 0 Å². The van der Waals surface area contributed by atoms with Crippen LogP contribution in [0, 0.1) is 0 Å². The van der Waals surface area contributed by atoms with Crippen molar-refractivity contribution in [3.8, 4) is 0 Å². The lowest BCUT2D eigenvalue weighted by Crippen LogP contribution is -1.92. The van der Waals surface area contributed by atoms with Crippen molar-refractivity contribution in [2.75, 3.05) is 5.73 Å². The Morgan fingerprint density at radius 2 is 1.75 bits per heavy atom. The summed E-state index contributed by atoms with van der Waals surface area (Å²) in [6, 6.07) is 7.98. The fourth-order valence-electron chi connectivity index (χ4n) is 1.67. The predicted molar refractivity (Wildman–Crippen MR) is 68.7 cm³/mol. The molecule has 4 N–H and O–H groups in total. The van der Waals surface area contributed by atoms with E-state index in [2.05, 4.69) is 30.4 Å². The zero-order valence-corrected chi connectivity index (χ0v) is 9.19. The number of rotatable bonds is 2. The Morgan fingerprint density at radius 1 is 1.00 bits per heavy atom. The summed E-state index contributed by atoms with van der Waals surface area (Å²) >= 11 is 0. The van der Waals surface area contributed by atoms with Crippen LogP contribution in [0.2, 0.25) is 0 Å². The maximum absolute atomic E-state index is 5.76. The van der Waals surface area contributed by atoms with Crippen molar-refractivity contribution in [1.82, 2.24) is 0 Å². The second-order valence-electron chi connectivity index (χ2n) is 4.01. The average molecular weight is 212 g/mol. The summed E-state index contributed by atoms with van der Waals surface area (Å²) in [4.78, 5) is 0. The van der Waals surface area contributed by atoms with Gasteiger partial charge in [0.05, 0.1) is 0 Å². The van der Waals surface area contributed by atoms with Gasteiger partial charge in [0.1, 0.15) is 0 Å². The largest absolute Gasteiger partial charge is 0.402 e. The van der Waals surface area contributed by atoms with Crippen molar-refractivity contribution in [2.45, 2.75) is 12.8 Å². The van der Waals surface area contributed by atoms with E-state index in [4.69, 9.17) is 11.5 Å². The van der Waals surface area contributed by atoms with Crippen LogP contribution in [-0.4, -0.2) is 0 Å². The van der Waals surface area contributed by atoms with Gasteiger partial charge in [-0.05, 0) is 35.8 Å². The molecule has 2 rings (SSSR count). The molecule has 1 aromatic carbocycles. The van der Waals surface area contributed by atoms with Crippen LogP contribution < -0.4 is 11.5 Å². The molecule has 0 radical (unpaired) electrons. The molecule has 0 saturated carbocycles. The number of hydrogen-bond donors (Lipinski definition) is 2. The topological polar surface area (TPSA) is 52.0 Å². The van der Waals surface area contributed by atoms with Crippen LogP contribution >= 0.6 is 0 Å². The number of nitrogen functional groups attached to an aromatic ring is 1.